The Balaban J connectivity index is 1.02. The molecule has 6 nitrogen and oxygen atoms in total. The molecule has 0 bridgehead atoms. The molecule has 8 heteroatoms. The summed E-state index contributed by atoms with van der Waals surface area (Å²) in [4.78, 5) is 26.0. The Bertz CT molecular complexity index is 3930. The van der Waals surface area contributed by atoms with Crippen LogP contribution in [0.15, 0.2) is 192 Å². The van der Waals surface area contributed by atoms with Crippen LogP contribution in [0.25, 0.3) is 130 Å². The van der Waals surface area contributed by atoms with E-state index >= 15 is 0 Å². The Kier molecular flexibility index (Phi) is 8.15. The molecule has 5 heterocycles. The van der Waals surface area contributed by atoms with Gasteiger partial charge in [0.25, 0.3) is 0 Å². The molecule has 8 aromatic carbocycles. The smallest absolute Gasteiger partial charge is 0.167 e. The van der Waals surface area contributed by atoms with Crippen LogP contribution >= 0.6 is 22.7 Å². The van der Waals surface area contributed by atoms with Gasteiger partial charge in [-0.3, -0.25) is 0 Å². The fraction of sp³-hybridized carbons (Fsp3) is 0. The van der Waals surface area contributed by atoms with E-state index in [0.717, 1.165) is 82.2 Å². The molecule has 0 atom stereocenters. The SMILES string of the molecule is c1ccc(-c2nc(-c3cccc4sc5ccccc5c34)cc(-c3cccc4sc5ccc(-c6nc(-c7ccccc7)nc(-c7cccc8c7oc7ccccc78)n6)cc5c34)n2)cc1. The van der Waals surface area contributed by atoms with Gasteiger partial charge in [-0.05, 0) is 54.6 Å². The van der Waals surface area contributed by atoms with Crippen molar-refractivity contribution in [1.82, 2.24) is 24.9 Å². The van der Waals surface area contributed by atoms with Crippen LogP contribution in [0.3, 0.4) is 0 Å². The molecule has 0 aliphatic heterocycles. The van der Waals surface area contributed by atoms with Gasteiger partial charge in [-0.1, -0.05) is 133 Å². The van der Waals surface area contributed by atoms with E-state index < -0.39 is 0 Å². The molecule has 13 rings (SSSR count). The maximum absolute atomic E-state index is 6.48. The number of para-hydroxylation sites is 2. The maximum Gasteiger partial charge on any atom is 0.167 e. The van der Waals surface area contributed by atoms with Crippen molar-refractivity contribution >= 4 is 85.0 Å². The van der Waals surface area contributed by atoms with Crippen LogP contribution in [-0.4, -0.2) is 24.9 Å². The summed E-state index contributed by atoms with van der Waals surface area (Å²) in [5.74, 6) is 2.41. The first-order valence-electron chi connectivity index (χ1n) is 20.7. The summed E-state index contributed by atoms with van der Waals surface area (Å²) in [5, 5.41) is 6.77. The molecule has 0 saturated heterocycles. The Morgan fingerprint density at radius 2 is 0.825 bits per heavy atom. The number of benzene rings is 8. The molecule has 0 amide bonds. The molecule has 0 N–H and O–H groups in total. The molecule has 294 valence electrons. The number of hydrogen-bond acceptors (Lipinski definition) is 8. The van der Waals surface area contributed by atoms with Gasteiger partial charge in [0, 0.05) is 78.9 Å². The summed E-state index contributed by atoms with van der Waals surface area (Å²) in [6, 6.07) is 65.0. The predicted molar refractivity (Wildman–Crippen MR) is 261 cm³/mol. The molecule has 0 aliphatic rings. The summed E-state index contributed by atoms with van der Waals surface area (Å²) >= 11 is 3.59. The van der Waals surface area contributed by atoms with Gasteiger partial charge in [-0.15, -0.1) is 22.7 Å². The zero-order valence-electron chi connectivity index (χ0n) is 33.4. The zero-order chi connectivity index (χ0) is 41.4. The highest BCUT2D eigenvalue weighted by molar-refractivity contribution is 7.26. The van der Waals surface area contributed by atoms with Crippen LogP contribution in [-0.2, 0) is 0 Å². The third-order valence-electron chi connectivity index (χ3n) is 11.8. The minimum atomic E-state index is 0.551. The van der Waals surface area contributed by atoms with Gasteiger partial charge in [-0.2, -0.15) is 0 Å². The van der Waals surface area contributed by atoms with Gasteiger partial charge in [0.15, 0.2) is 23.3 Å². The van der Waals surface area contributed by atoms with Gasteiger partial charge in [0.05, 0.1) is 17.0 Å². The van der Waals surface area contributed by atoms with Gasteiger partial charge >= 0.3 is 0 Å². The number of rotatable bonds is 6. The first kappa shape index (κ1) is 35.8. The Morgan fingerprint density at radius 3 is 1.54 bits per heavy atom. The largest absolute Gasteiger partial charge is 0.455 e. The van der Waals surface area contributed by atoms with Crippen molar-refractivity contribution in [3.8, 4) is 68.1 Å². The highest BCUT2D eigenvalue weighted by Crippen LogP contribution is 2.44. The van der Waals surface area contributed by atoms with Crippen molar-refractivity contribution in [2.75, 3.05) is 0 Å². The zero-order valence-corrected chi connectivity index (χ0v) is 35.0. The van der Waals surface area contributed by atoms with E-state index in [1.807, 2.05) is 90.2 Å². The van der Waals surface area contributed by atoms with Gasteiger partial charge in [0.2, 0.25) is 0 Å². The van der Waals surface area contributed by atoms with Crippen molar-refractivity contribution in [2.45, 2.75) is 0 Å². The molecule has 0 unspecified atom stereocenters. The van der Waals surface area contributed by atoms with E-state index in [2.05, 4.69) is 109 Å². The highest BCUT2D eigenvalue weighted by Gasteiger charge is 2.21. The van der Waals surface area contributed by atoms with E-state index in [9.17, 15) is 0 Å². The molecule has 0 radical (unpaired) electrons. The average Bonchev–Trinajstić information content (AvgIpc) is 4.05. The minimum absolute atomic E-state index is 0.551. The second-order valence-corrected chi connectivity index (χ2v) is 17.7. The molecular weight excluding hydrogens is 811 g/mol. The molecule has 0 aliphatic carbocycles. The average molecular weight is 842 g/mol. The third-order valence-corrected chi connectivity index (χ3v) is 14.1. The molecule has 0 fully saturated rings. The quantitative estimate of drug-likeness (QED) is 0.166. The molecule has 5 aromatic heterocycles. The highest BCUT2D eigenvalue weighted by atomic mass is 32.1. The normalized spacial score (nSPS) is 11.8. The first-order valence-corrected chi connectivity index (χ1v) is 22.4. The standard InChI is InChI=1S/C55H31N5OS2/c1-3-14-32(15-4-1)52-56-42(37-21-12-26-47-49(37)39-19-8-10-25-45(39)62-47)31-43(57-52)38-22-13-27-48-50(38)41-30-34(28-29-46(41)63-48)54-58-53(33-16-5-2-6-17-33)59-55(60-54)40-23-11-20-36-35-18-7-9-24-44(35)61-51(36)40/h1-31H. The molecule has 0 spiro atoms. The number of hydrogen-bond donors (Lipinski definition) is 0. The lowest BCUT2D eigenvalue weighted by Gasteiger charge is -2.12. The number of fused-ring (bicyclic) bond motifs is 9. The summed E-state index contributed by atoms with van der Waals surface area (Å²) in [6.07, 6.45) is 0. The monoisotopic (exact) mass is 841 g/mol. The number of furan rings is 1. The van der Waals surface area contributed by atoms with Crippen molar-refractivity contribution in [3.05, 3.63) is 188 Å². The van der Waals surface area contributed by atoms with E-state index in [-0.39, 0.29) is 0 Å². The van der Waals surface area contributed by atoms with E-state index in [1.54, 1.807) is 11.3 Å². The van der Waals surface area contributed by atoms with Crippen molar-refractivity contribution in [2.24, 2.45) is 0 Å². The fourth-order valence-electron chi connectivity index (χ4n) is 8.87. The molecule has 63 heavy (non-hydrogen) atoms. The summed E-state index contributed by atoms with van der Waals surface area (Å²) in [7, 11) is 0. The fourth-order valence-corrected chi connectivity index (χ4v) is 11.1. The summed E-state index contributed by atoms with van der Waals surface area (Å²) in [6.45, 7) is 0. The Labute approximate surface area is 368 Å². The lowest BCUT2D eigenvalue weighted by Crippen LogP contribution is -2.00. The second kappa shape index (κ2) is 14.3. The van der Waals surface area contributed by atoms with Crippen molar-refractivity contribution in [3.63, 3.8) is 0 Å². The third kappa shape index (κ3) is 5.95. The van der Waals surface area contributed by atoms with Gasteiger partial charge in [-0.25, -0.2) is 24.9 Å². The summed E-state index contributed by atoms with van der Waals surface area (Å²) < 4.78 is 11.3. The Hall–Kier alpha value is -7.91. The lowest BCUT2D eigenvalue weighted by atomic mass is 9.99. The minimum Gasteiger partial charge on any atom is -0.455 e. The molecule has 0 saturated carbocycles. The van der Waals surface area contributed by atoms with Crippen LogP contribution in [0.1, 0.15) is 0 Å². The lowest BCUT2D eigenvalue weighted by molar-refractivity contribution is 0.669. The van der Waals surface area contributed by atoms with E-state index in [1.165, 1.54) is 24.9 Å². The van der Waals surface area contributed by atoms with Crippen LogP contribution in [0.5, 0.6) is 0 Å². The van der Waals surface area contributed by atoms with E-state index in [0.29, 0.717) is 23.3 Å². The molecular formula is C55H31N5OS2. The first-order chi connectivity index (χ1) is 31.2. The summed E-state index contributed by atoms with van der Waals surface area (Å²) in [5.41, 5.74) is 9.02. The predicted octanol–water partition coefficient (Wildman–Crippen LogP) is 15.3. The van der Waals surface area contributed by atoms with Crippen LogP contribution in [0.2, 0.25) is 0 Å². The van der Waals surface area contributed by atoms with Gasteiger partial charge in [0.1, 0.15) is 11.2 Å². The van der Waals surface area contributed by atoms with Gasteiger partial charge < -0.3 is 4.42 Å². The van der Waals surface area contributed by atoms with Crippen LogP contribution in [0, 0.1) is 0 Å². The van der Waals surface area contributed by atoms with Crippen molar-refractivity contribution < 1.29 is 4.42 Å². The number of nitrogens with zero attached hydrogens (tertiary/aromatic N) is 5. The van der Waals surface area contributed by atoms with E-state index in [4.69, 9.17) is 29.3 Å². The topological polar surface area (TPSA) is 77.6 Å². The second-order valence-electron chi connectivity index (χ2n) is 15.5. The van der Waals surface area contributed by atoms with Crippen LogP contribution in [0.4, 0.5) is 0 Å². The number of aromatic nitrogens is 5. The molecule has 13 aromatic rings. The Morgan fingerprint density at radius 1 is 0.317 bits per heavy atom. The maximum atomic E-state index is 6.48. The van der Waals surface area contributed by atoms with Crippen molar-refractivity contribution in [1.29, 1.82) is 0 Å². The number of thiophene rings is 2. The van der Waals surface area contributed by atoms with Crippen LogP contribution < -0.4 is 0 Å².